The van der Waals surface area contributed by atoms with Gasteiger partial charge in [-0.1, -0.05) is 0 Å². The summed E-state index contributed by atoms with van der Waals surface area (Å²) in [4.78, 5) is 9.25. The molecule has 8 heteroatoms. The second kappa shape index (κ2) is 6.94. The maximum absolute atomic E-state index is 9.12. The summed E-state index contributed by atoms with van der Waals surface area (Å²) in [7, 11) is 0. The lowest BCUT2D eigenvalue weighted by Crippen LogP contribution is -2.46. The first kappa shape index (κ1) is 16.4. The molecule has 1 aliphatic heterocycles. The van der Waals surface area contributed by atoms with Gasteiger partial charge in [-0.05, 0) is 20.8 Å². The normalized spacial score (nSPS) is 16.3. The van der Waals surface area contributed by atoms with Gasteiger partial charge in [-0.3, -0.25) is 9.58 Å². The van der Waals surface area contributed by atoms with E-state index in [0.29, 0.717) is 6.54 Å². The van der Waals surface area contributed by atoms with Crippen LogP contribution >= 0.6 is 11.5 Å². The van der Waals surface area contributed by atoms with Gasteiger partial charge in [-0.2, -0.15) is 9.47 Å². The van der Waals surface area contributed by atoms with E-state index in [9.17, 15) is 0 Å². The van der Waals surface area contributed by atoms with E-state index < -0.39 is 0 Å². The average Bonchev–Trinajstić information content (AvgIpc) is 3.08. The van der Waals surface area contributed by atoms with Crippen LogP contribution in [0.25, 0.3) is 0 Å². The van der Waals surface area contributed by atoms with E-state index >= 15 is 0 Å². The van der Waals surface area contributed by atoms with E-state index in [1.165, 1.54) is 22.8 Å². The third-order valence-electron chi connectivity index (χ3n) is 4.38. The molecule has 3 rings (SSSR count). The van der Waals surface area contributed by atoms with E-state index in [-0.39, 0.29) is 6.61 Å². The van der Waals surface area contributed by atoms with Crippen molar-refractivity contribution in [3.05, 3.63) is 22.8 Å². The molecule has 1 N–H and O–H groups in total. The zero-order chi connectivity index (χ0) is 16.4. The fourth-order valence-corrected chi connectivity index (χ4v) is 3.74. The molecule has 126 valence electrons. The molecule has 0 radical (unpaired) electrons. The number of piperazine rings is 1. The number of aryl methyl sites for hydroxylation is 2. The fourth-order valence-electron chi connectivity index (χ4n) is 3.01. The second-order valence-corrected chi connectivity index (χ2v) is 6.71. The number of aliphatic hydroxyl groups excluding tert-OH is 1. The summed E-state index contributed by atoms with van der Waals surface area (Å²) in [6, 6.07) is 0. The predicted octanol–water partition coefficient (Wildman–Crippen LogP) is 0.974. The van der Waals surface area contributed by atoms with Gasteiger partial charge in [0.25, 0.3) is 0 Å². The maximum atomic E-state index is 9.12. The third-order valence-corrected chi connectivity index (χ3v) is 5.25. The highest BCUT2D eigenvalue weighted by Gasteiger charge is 2.22. The van der Waals surface area contributed by atoms with Crippen molar-refractivity contribution in [2.45, 2.75) is 33.9 Å². The molecule has 0 unspecified atom stereocenters. The molecule has 0 aromatic carbocycles. The van der Waals surface area contributed by atoms with Crippen LogP contribution in [0.4, 0.5) is 5.13 Å². The van der Waals surface area contributed by atoms with Crippen molar-refractivity contribution in [3.8, 4) is 0 Å². The van der Waals surface area contributed by atoms with Crippen molar-refractivity contribution in [1.82, 2.24) is 24.0 Å². The summed E-state index contributed by atoms with van der Waals surface area (Å²) in [5.41, 5.74) is 3.52. The predicted molar refractivity (Wildman–Crippen MR) is 90.9 cm³/mol. The molecule has 1 saturated heterocycles. The lowest BCUT2D eigenvalue weighted by Gasteiger charge is -2.34. The molecule has 3 heterocycles. The maximum Gasteiger partial charge on any atom is 0.205 e. The van der Waals surface area contributed by atoms with Gasteiger partial charge in [0.05, 0.1) is 18.8 Å². The van der Waals surface area contributed by atoms with Crippen LogP contribution in [-0.2, 0) is 13.1 Å². The van der Waals surface area contributed by atoms with Gasteiger partial charge in [0.2, 0.25) is 5.13 Å². The number of nitrogens with zero attached hydrogens (tertiary/aromatic N) is 6. The quantitative estimate of drug-likeness (QED) is 0.877. The highest BCUT2D eigenvalue weighted by atomic mass is 32.1. The monoisotopic (exact) mass is 336 g/mol. The average molecular weight is 336 g/mol. The molecule has 1 fully saturated rings. The largest absolute Gasteiger partial charge is 0.394 e. The van der Waals surface area contributed by atoms with Crippen LogP contribution in [0.3, 0.4) is 0 Å². The Bertz CT molecular complexity index is 659. The molecule has 0 atom stereocenters. The second-order valence-electron chi connectivity index (χ2n) is 5.98. The van der Waals surface area contributed by atoms with E-state index in [1.807, 2.05) is 11.6 Å². The molecule has 1 aliphatic rings. The number of anilines is 1. The zero-order valence-corrected chi connectivity index (χ0v) is 14.8. The van der Waals surface area contributed by atoms with E-state index in [1.54, 1.807) is 0 Å². The van der Waals surface area contributed by atoms with Gasteiger partial charge in [-0.25, -0.2) is 4.98 Å². The fraction of sp³-hybridized carbons (Fsp3) is 0.667. The molecule has 23 heavy (non-hydrogen) atoms. The number of rotatable bonds is 5. The molecular formula is C15H24N6OS. The first-order valence-electron chi connectivity index (χ1n) is 8.00. The number of hydrogen-bond donors (Lipinski definition) is 1. The standard InChI is InChI=1S/C15H24N6OS/c1-11-14(12(2)21(17-11)8-9-22)10-19-4-6-20(7-5-19)15-16-13(3)18-23-15/h22H,4-10H2,1-3H3. The first-order valence-corrected chi connectivity index (χ1v) is 8.77. The van der Waals surface area contributed by atoms with Crippen LogP contribution < -0.4 is 4.90 Å². The third kappa shape index (κ3) is 3.54. The summed E-state index contributed by atoms with van der Waals surface area (Å²) in [5, 5.41) is 14.7. The van der Waals surface area contributed by atoms with Crippen LogP contribution in [0.5, 0.6) is 0 Å². The summed E-state index contributed by atoms with van der Waals surface area (Å²) in [6.45, 7) is 11.7. The summed E-state index contributed by atoms with van der Waals surface area (Å²) >= 11 is 1.48. The lowest BCUT2D eigenvalue weighted by molar-refractivity contribution is 0.248. The Morgan fingerprint density at radius 1 is 1.13 bits per heavy atom. The van der Waals surface area contributed by atoms with E-state index in [2.05, 4.69) is 38.1 Å². The smallest absolute Gasteiger partial charge is 0.205 e. The Kier molecular flexibility index (Phi) is 4.93. The number of aliphatic hydroxyl groups is 1. The van der Waals surface area contributed by atoms with Crippen LogP contribution in [0.2, 0.25) is 0 Å². The van der Waals surface area contributed by atoms with Crippen molar-refractivity contribution >= 4 is 16.7 Å². The van der Waals surface area contributed by atoms with Gasteiger partial charge in [0.15, 0.2) is 0 Å². The molecule has 2 aromatic heterocycles. The Morgan fingerprint density at radius 3 is 2.48 bits per heavy atom. The SMILES string of the molecule is Cc1nsc(N2CCN(Cc3c(C)nn(CCO)c3C)CC2)n1. The first-order chi connectivity index (χ1) is 11.1. The number of hydrogen-bond acceptors (Lipinski definition) is 7. The molecule has 0 spiro atoms. The van der Waals surface area contributed by atoms with Gasteiger partial charge in [0.1, 0.15) is 5.82 Å². The minimum atomic E-state index is 0.126. The highest BCUT2D eigenvalue weighted by Crippen LogP contribution is 2.21. The topological polar surface area (TPSA) is 70.3 Å². The summed E-state index contributed by atoms with van der Waals surface area (Å²) in [5.74, 6) is 0.856. The van der Waals surface area contributed by atoms with E-state index in [4.69, 9.17) is 5.11 Å². The van der Waals surface area contributed by atoms with Crippen LogP contribution in [0.15, 0.2) is 0 Å². The molecule has 7 nitrogen and oxygen atoms in total. The lowest BCUT2D eigenvalue weighted by atomic mass is 10.1. The van der Waals surface area contributed by atoms with Gasteiger partial charge < -0.3 is 10.0 Å². The van der Waals surface area contributed by atoms with Crippen LogP contribution in [0, 0.1) is 20.8 Å². The Balaban J connectivity index is 1.61. The van der Waals surface area contributed by atoms with Gasteiger partial charge in [-0.15, -0.1) is 0 Å². The molecule has 0 aliphatic carbocycles. The van der Waals surface area contributed by atoms with Crippen molar-refractivity contribution in [3.63, 3.8) is 0 Å². The minimum Gasteiger partial charge on any atom is -0.394 e. The molecule has 2 aromatic rings. The Hall–Kier alpha value is -1.51. The Labute approximate surface area is 140 Å². The van der Waals surface area contributed by atoms with Crippen molar-refractivity contribution < 1.29 is 5.11 Å². The van der Waals surface area contributed by atoms with Gasteiger partial charge in [0, 0.05) is 55.5 Å². The van der Waals surface area contributed by atoms with Crippen molar-refractivity contribution in [2.24, 2.45) is 0 Å². The van der Waals surface area contributed by atoms with Crippen molar-refractivity contribution in [1.29, 1.82) is 0 Å². The van der Waals surface area contributed by atoms with Crippen LogP contribution in [-0.4, -0.2) is 61.9 Å². The minimum absolute atomic E-state index is 0.126. The highest BCUT2D eigenvalue weighted by molar-refractivity contribution is 7.09. The molecule has 0 bridgehead atoms. The zero-order valence-electron chi connectivity index (χ0n) is 14.0. The van der Waals surface area contributed by atoms with E-state index in [0.717, 1.165) is 49.4 Å². The Morgan fingerprint density at radius 2 is 1.87 bits per heavy atom. The summed E-state index contributed by atoms with van der Waals surface area (Å²) in [6.07, 6.45) is 0. The van der Waals surface area contributed by atoms with Crippen LogP contribution in [0.1, 0.15) is 22.8 Å². The summed E-state index contributed by atoms with van der Waals surface area (Å²) < 4.78 is 6.17. The molecular weight excluding hydrogens is 312 g/mol. The van der Waals surface area contributed by atoms with Crippen molar-refractivity contribution in [2.75, 3.05) is 37.7 Å². The number of aromatic nitrogens is 4. The molecule has 0 saturated carbocycles. The molecule has 0 amide bonds. The van der Waals surface area contributed by atoms with Gasteiger partial charge >= 0.3 is 0 Å².